The first-order valence-electron chi connectivity index (χ1n) is 5.19. The molecular weight excluding hydrogens is 229 g/mol. The zero-order valence-corrected chi connectivity index (χ0v) is 9.42. The highest BCUT2D eigenvalue weighted by atomic mass is 19.2. The highest BCUT2D eigenvalue weighted by Gasteiger charge is 2.13. The lowest BCUT2D eigenvalue weighted by Crippen LogP contribution is -2.02. The first kappa shape index (κ1) is 11.7. The molecule has 0 spiro atoms. The highest BCUT2D eigenvalue weighted by Crippen LogP contribution is 2.19. The Morgan fingerprint density at radius 2 is 1.71 bits per heavy atom. The van der Waals surface area contributed by atoms with Crippen LogP contribution >= 0.6 is 0 Å². The van der Waals surface area contributed by atoms with Crippen LogP contribution in [0.4, 0.5) is 13.2 Å². The van der Waals surface area contributed by atoms with Crippen LogP contribution < -0.4 is 0 Å². The maximum Gasteiger partial charge on any atom is 0.161 e. The minimum absolute atomic E-state index is 0.101. The van der Waals surface area contributed by atoms with Crippen molar-refractivity contribution in [1.82, 2.24) is 9.78 Å². The second-order valence-corrected chi connectivity index (χ2v) is 4.06. The highest BCUT2D eigenvalue weighted by molar-refractivity contribution is 5.34. The molecule has 0 fully saturated rings. The van der Waals surface area contributed by atoms with Crippen LogP contribution in [-0.2, 0) is 0 Å². The van der Waals surface area contributed by atoms with Crippen LogP contribution in [-0.4, -0.2) is 9.78 Å². The Morgan fingerprint density at radius 1 is 1.06 bits per heavy atom. The van der Waals surface area contributed by atoms with Crippen LogP contribution in [0.2, 0.25) is 0 Å². The van der Waals surface area contributed by atoms with Gasteiger partial charge in [-0.3, -0.25) is 0 Å². The van der Waals surface area contributed by atoms with Gasteiger partial charge in [-0.05, 0) is 12.0 Å². The average Bonchev–Trinajstić information content (AvgIpc) is 2.72. The Kier molecular flexibility index (Phi) is 2.92. The molecule has 0 aliphatic rings. The van der Waals surface area contributed by atoms with E-state index in [0.29, 0.717) is 6.07 Å². The van der Waals surface area contributed by atoms with E-state index in [9.17, 15) is 13.2 Å². The summed E-state index contributed by atoms with van der Waals surface area (Å²) in [4.78, 5) is 0. The minimum Gasteiger partial charge on any atom is -0.238 e. The van der Waals surface area contributed by atoms with Crippen LogP contribution in [0.15, 0.2) is 24.4 Å². The number of rotatable bonds is 2. The zero-order chi connectivity index (χ0) is 12.6. The lowest BCUT2D eigenvalue weighted by molar-refractivity contribution is 0.491. The van der Waals surface area contributed by atoms with Crippen LogP contribution in [0.25, 0.3) is 5.69 Å². The Hall–Kier alpha value is -1.78. The fourth-order valence-corrected chi connectivity index (χ4v) is 1.47. The summed E-state index contributed by atoms with van der Waals surface area (Å²) in [5, 5.41) is 4.10. The van der Waals surface area contributed by atoms with Gasteiger partial charge in [0.05, 0.1) is 5.69 Å². The third-order valence-electron chi connectivity index (χ3n) is 2.44. The standard InChI is InChI=1S/C12H11F3N2/c1-7(2)11-3-4-17(16-11)12-6-9(14)8(13)5-10(12)15/h3-7H,1-2H3. The Labute approximate surface area is 96.7 Å². The van der Waals surface area contributed by atoms with Crippen molar-refractivity contribution in [3.63, 3.8) is 0 Å². The number of nitrogens with zero attached hydrogens (tertiary/aromatic N) is 2. The van der Waals surface area contributed by atoms with E-state index >= 15 is 0 Å². The van der Waals surface area contributed by atoms with Crippen molar-refractivity contribution in [2.75, 3.05) is 0 Å². The Bertz CT molecular complexity index is 547. The molecule has 0 aliphatic heterocycles. The van der Waals surface area contributed by atoms with Crippen molar-refractivity contribution in [3.8, 4) is 5.69 Å². The number of benzene rings is 1. The summed E-state index contributed by atoms with van der Waals surface area (Å²) in [5.74, 6) is -2.96. The molecule has 17 heavy (non-hydrogen) atoms. The third-order valence-corrected chi connectivity index (χ3v) is 2.44. The molecule has 0 unspecified atom stereocenters. The van der Waals surface area contributed by atoms with Gasteiger partial charge in [-0.15, -0.1) is 0 Å². The maximum atomic E-state index is 13.5. The van der Waals surface area contributed by atoms with Crippen molar-refractivity contribution in [1.29, 1.82) is 0 Å². The van der Waals surface area contributed by atoms with Gasteiger partial charge in [-0.1, -0.05) is 13.8 Å². The van der Waals surface area contributed by atoms with Gasteiger partial charge in [-0.2, -0.15) is 5.10 Å². The molecule has 2 rings (SSSR count). The van der Waals surface area contributed by atoms with E-state index in [1.807, 2.05) is 13.8 Å². The summed E-state index contributed by atoms with van der Waals surface area (Å²) in [6, 6.07) is 3.02. The molecule has 2 nitrogen and oxygen atoms in total. The quantitative estimate of drug-likeness (QED) is 0.735. The molecule has 1 heterocycles. The normalized spacial score (nSPS) is 11.2. The van der Waals surface area contributed by atoms with E-state index in [1.165, 1.54) is 10.9 Å². The van der Waals surface area contributed by atoms with Gasteiger partial charge in [0.25, 0.3) is 0 Å². The molecular formula is C12H11F3N2. The van der Waals surface area contributed by atoms with Gasteiger partial charge in [-0.25, -0.2) is 17.9 Å². The average molecular weight is 240 g/mol. The Balaban J connectivity index is 2.49. The van der Waals surface area contributed by atoms with Gasteiger partial charge in [0.2, 0.25) is 0 Å². The number of hydrogen-bond acceptors (Lipinski definition) is 1. The summed E-state index contributed by atoms with van der Waals surface area (Å²) in [6.07, 6.45) is 1.52. The van der Waals surface area contributed by atoms with Gasteiger partial charge >= 0.3 is 0 Å². The maximum absolute atomic E-state index is 13.5. The lowest BCUT2D eigenvalue weighted by atomic mass is 10.1. The van der Waals surface area contributed by atoms with E-state index in [-0.39, 0.29) is 11.6 Å². The number of halogens is 3. The van der Waals surface area contributed by atoms with E-state index in [0.717, 1.165) is 11.8 Å². The van der Waals surface area contributed by atoms with Crippen molar-refractivity contribution < 1.29 is 13.2 Å². The van der Waals surface area contributed by atoms with E-state index in [2.05, 4.69) is 5.10 Å². The zero-order valence-electron chi connectivity index (χ0n) is 9.42. The second-order valence-electron chi connectivity index (χ2n) is 4.06. The first-order valence-corrected chi connectivity index (χ1v) is 5.19. The summed E-state index contributed by atoms with van der Waals surface area (Å²) in [5.41, 5.74) is 0.657. The fourth-order valence-electron chi connectivity index (χ4n) is 1.47. The van der Waals surface area contributed by atoms with Crippen LogP contribution in [0.1, 0.15) is 25.5 Å². The summed E-state index contributed by atoms with van der Waals surface area (Å²) < 4.78 is 40.5. The molecule has 0 bridgehead atoms. The molecule has 0 aliphatic carbocycles. The fraction of sp³-hybridized carbons (Fsp3) is 0.250. The van der Waals surface area contributed by atoms with Crippen molar-refractivity contribution in [3.05, 3.63) is 47.5 Å². The molecule has 0 saturated heterocycles. The minimum atomic E-state index is -1.21. The molecule has 0 atom stereocenters. The molecule has 0 radical (unpaired) electrons. The van der Waals surface area contributed by atoms with Crippen LogP contribution in [0.5, 0.6) is 0 Å². The third kappa shape index (κ3) is 2.18. The van der Waals surface area contributed by atoms with Gasteiger partial charge < -0.3 is 0 Å². The topological polar surface area (TPSA) is 17.8 Å². The predicted octanol–water partition coefficient (Wildman–Crippen LogP) is 3.41. The SMILES string of the molecule is CC(C)c1ccn(-c2cc(F)c(F)cc2F)n1. The molecule has 1 aromatic heterocycles. The second kappa shape index (κ2) is 4.24. The van der Waals surface area contributed by atoms with Crippen LogP contribution in [0.3, 0.4) is 0 Å². The molecule has 5 heteroatoms. The van der Waals surface area contributed by atoms with Crippen molar-refractivity contribution in [2.45, 2.75) is 19.8 Å². The first-order chi connectivity index (χ1) is 7.99. The van der Waals surface area contributed by atoms with E-state index in [1.54, 1.807) is 6.07 Å². The summed E-state index contributed by atoms with van der Waals surface area (Å²) >= 11 is 0. The van der Waals surface area contributed by atoms with Crippen molar-refractivity contribution >= 4 is 0 Å². The summed E-state index contributed by atoms with van der Waals surface area (Å²) in [7, 11) is 0. The smallest absolute Gasteiger partial charge is 0.161 e. The monoisotopic (exact) mass is 240 g/mol. The molecule has 0 N–H and O–H groups in total. The van der Waals surface area contributed by atoms with E-state index < -0.39 is 17.5 Å². The Morgan fingerprint density at radius 3 is 2.29 bits per heavy atom. The molecule has 0 saturated carbocycles. The van der Waals surface area contributed by atoms with E-state index in [4.69, 9.17) is 0 Å². The number of hydrogen-bond donors (Lipinski definition) is 0. The van der Waals surface area contributed by atoms with Crippen LogP contribution in [0, 0.1) is 17.5 Å². The van der Waals surface area contributed by atoms with Gasteiger partial charge in [0.1, 0.15) is 5.69 Å². The molecule has 0 amide bonds. The predicted molar refractivity (Wildman–Crippen MR) is 57.5 cm³/mol. The van der Waals surface area contributed by atoms with Crippen molar-refractivity contribution in [2.24, 2.45) is 0 Å². The van der Waals surface area contributed by atoms with Gasteiger partial charge in [0.15, 0.2) is 17.5 Å². The lowest BCUT2D eigenvalue weighted by Gasteiger charge is -2.04. The van der Waals surface area contributed by atoms with Gasteiger partial charge in [0, 0.05) is 18.3 Å². The molecule has 1 aromatic carbocycles. The summed E-state index contributed by atoms with van der Waals surface area (Å²) in [6.45, 7) is 3.88. The molecule has 2 aromatic rings. The largest absolute Gasteiger partial charge is 0.238 e. The molecule has 90 valence electrons. The number of aromatic nitrogens is 2.